The summed E-state index contributed by atoms with van der Waals surface area (Å²) in [7, 11) is 0. The van der Waals surface area contributed by atoms with Crippen molar-refractivity contribution in [3.63, 3.8) is 0 Å². The van der Waals surface area contributed by atoms with E-state index in [1.165, 1.54) is 0 Å². The van der Waals surface area contributed by atoms with Crippen molar-refractivity contribution in [3.05, 3.63) is 28.8 Å². The maximum Gasteiger partial charge on any atom is 0.170 e. The summed E-state index contributed by atoms with van der Waals surface area (Å²) in [4.78, 5) is 0. The normalized spacial score (nSPS) is 11.1. The fraction of sp³-hybridized carbons (Fsp3) is 0.357. The molecule has 0 saturated carbocycles. The van der Waals surface area contributed by atoms with Crippen LogP contribution in [0.3, 0.4) is 0 Å². The zero-order valence-corrected chi connectivity index (χ0v) is 10.7. The number of nitrogens with two attached hydrogens (primary N) is 1. The van der Waals surface area contributed by atoms with E-state index in [4.69, 9.17) is 22.1 Å². The number of ether oxygens (including phenoxy) is 1. The van der Waals surface area contributed by atoms with Crippen molar-refractivity contribution < 1.29 is 9.94 Å². The molecule has 4 nitrogen and oxygen atoms in total. The van der Waals surface area contributed by atoms with Gasteiger partial charge < -0.3 is 15.7 Å². The van der Waals surface area contributed by atoms with Gasteiger partial charge in [-0.15, -0.1) is 12.3 Å². The number of amidine groups is 1. The van der Waals surface area contributed by atoms with Gasteiger partial charge in [0.25, 0.3) is 0 Å². The van der Waals surface area contributed by atoms with Crippen LogP contribution in [-0.2, 0) is 0 Å². The lowest BCUT2D eigenvalue weighted by atomic mass is 10.1. The molecule has 4 heteroatoms. The first-order valence-corrected chi connectivity index (χ1v) is 5.75. The highest BCUT2D eigenvalue weighted by atomic mass is 16.5. The van der Waals surface area contributed by atoms with Crippen molar-refractivity contribution >= 4 is 5.84 Å². The van der Waals surface area contributed by atoms with Crippen LogP contribution < -0.4 is 10.5 Å². The van der Waals surface area contributed by atoms with Crippen molar-refractivity contribution in [1.29, 1.82) is 0 Å². The molecule has 0 spiro atoms. The van der Waals surface area contributed by atoms with E-state index in [-0.39, 0.29) is 5.84 Å². The van der Waals surface area contributed by atoms with E-state index in [0.29, 0.717) is 18.6 Å². The molecule has 3 N–H and O–H groups in total. The molecule has 1 rings (SSSR count). The van der Waals surface area contributed by atoms with Crippen molar-refractivity contribution in [1.82, 2.24) is 0 Å². The van der Waals surface area contributed by atoms with Crippen molar-refractivity contribution in [2.75, 3.05) is 6.61 Å². The summed E-state index contributed by atoms with van der Waals surface area (Å²) in [6, 6.07) is 3.66. The zero-order chi connectivity index (χ0) is 13.5. The summed E-state index contributed by atoms with van der Waals surface area (Å²) >= 11 is 0. The van der Waals surface area contributed by atoms with Crippen LogP contribution in [-0.4, -0.2) is 17.6 Å². The summed E-state index contributed by atoms with van der Waals surface area (Å²) in [5.41, 5.74) is 8.15. The van der Waals surface area contributed by atoms with E-state index in [1.807, 2.05) is 26.0 Å². The number of benzene rings is 1. The summed E-state index contributed by atoms with van der Waals surface area (Å²) in [5.74, 6) is 3.51. The third kappa shape index (κ3) is 3.42. The van der Waals surface area contributed by atoms with Crippen LogP contribution >= 0.6 is 0 Å². The van der Waals surface area contributed by atoms with E-state index >= 15 is 0 Å². The molecule has 0 aliphatic carbocycles. The van der Waals surface area contributed by atoms with Gasteiger partial charge in [0.1, 0.15) is 5.75 Å². The quantitative estimate of drug-likeness (QED) is 0.209. The highest BCUT2D eigenvalue weighted by Crippen LogP contribution is 2.25. The molecule has 0 unspecified atom stereocenters. The first kappa shape index (κ1) is 13.9. The molecule has 0 amide bonds. The topological polar surface area (TPSA) is 67.8 Å². The van der Waals surface area contributed by atoms with Crippen LogP contribution in [0.5, 0.6) is 5.75 Å². The van der Waals surface area contributed by atoms with E-state index in [2.05, 4.69) is 11.1 Å². The molecule has 0 aromatic heterocycles. The van der Waals surface area contributed by atoms with E-state index < -0.39 is 0 Å². The second-order valence-electron chi connectivity index (χ2n) is 4.08. The summed E-state index contributed by atoms with van der Waals surface area (Å²) < 4.78 is 5.70. The van der Waals surface area contributed by atoms with Gasteiger partial charge >= 0.3 is 0 Å². The number of hydrogen-bond donors (Lipinski definition) is 2. The molecule has 1 aromatic carbocycles. The third-order valence-electron chi connectivity index (χ3n) is 2.58. The lowest BCUT2D eigenvalue weighted by Gasteiger charge is -2.13. The molecular formula is C14H18N2O2. The number of aryl methyl sites for hydroxylation is 2. The first-order chi connectivity index (χ1) is 8.60. The Kier molecular flexibility index (Phi) is 5.06. The molecule has 0 fully saturated rings. The lowest BCUT2D eigenvalue weighted by Crippen LogP contribution is -2.14. The molecule has 0 bridgehead atoms. The molecule has 0 atom stereocenters. The Morgan fingerprint density at radius 2 is 2.06 bits per heavy atom. The van der Waals surface area contributed by atoms with Gasteiger partial charge in [-0.25, -0.2) is 0 Å². The average Bonchev–Trinajstić information content (AvgIpc) is 2.35. The van der Waals surface area contributed by atoms with Gasteiger partial charge in [0.15, 0.2) is 5.84 Å². The largest absolute Gasteiger partial charge is 0.493 e. The Morgan fingerprint density at radius 1 is 1.44 bits per heavy atom. The van der Waals surface area contributed by atoms with Crippen LogP contribution in [0.1, 0.15) is 29.5 Å². The Hall–Kier alpha value is -2.15. The molecule has 18 heavy (non-hydrogen) atoms. The SMILES string of the molecule is C#CCCCOc1c(C)cc(C(N)=NO)cc1C. The maximum absolute atomic E-state index is 8.65. The Bertz CT molecular complexity index is 464. The van der Waals surface area contributed by atoms with Gasteiger partial charge in [0.05, 0.1) is 6.61 Å². The van der Waals surface area contributed by atoms with Gasteiger partial charge in [0.2, 0.25) is 0 Å². The molecule has 0 heterocycles. The minimum absolute atomic E-state index is 0.0973. The maximum atomic E-state index is 8.65. The zero-order valence-electron chi connectivity index (χ0n) is 10.7. The second kappa shape index (κ2) is 6.55. The third-order valence-corrected chi connectivity index (χ3v) is 2.58. The number of oxime groups is 1. The monoisotopic (exact) mass is 246 g/mol. The first-order valence-electron chi connectivity index (χ1n) is 5.75. The van der Waals surface area contributed by atoms with Crippen LogP contribution in [0.2, 0.25) is 0 Å². The number of rotatable bonds is 5. The fourth-order valence-electron chi connectivity index (χ4n) is 1.73. The Labute approximate surface area is 107 Å². The highest BCUT2D eigenvalue weighted by Gasteiger charge is 2.08. The van der Waals surface area contributed by atoms with Gasteiger partial charge in [-0.3, -0.25) is 0 Å². The molecule has 0 radical (unpaired) electrons. The van der Waals surface area contributed by atoms with Crippen LogP contribution in [0.25, 0.3) is 0 Å². The van der Waals surface area contributed by atoms with Crippen LogP contribution in [0.4, 0.5) is 0 Å². The van der Waals surface area contributed by atoms with Crippen LogP contribution in [0, 0.1) is 26.2 Å². The van der Waals surface area contributed by atoms with E-state index in [0.717, 1.165) is 23.3 Å². The van der Waals surface area contributed by atoms with Crippen molar-refractivity contribution in [2.45, 2.75) is 26.7 Å². The fourth-order valence-corrected chi connectivity index (χ4v) is 1.73. The Balaban J connectivity index is 2.85. The number of nitrogens with zero attached hydrogens (tertiary/aromatic N) is 1. The number of unbranched alkanes of at least 4 members (excludes halogenated alkanes) is 1. The lowest BCUT2D eigenvalue weighted by molar-refractivity contribution is 0.308. The smallest absolute Gasteiger partial charge is 0.170 e. The predicted octanol–water partition coefficient (Wildman–Crippen LogP) is 2.19. The molecular weight excluding hydrogens is 228 g/mol. The van der Waals surface area contributed by atoms with Gasteiger partial charge in [-0.2, -0.15) is 0 Å². The van der Waals surface area contributed by atoms with Crippen molar-refractivity contribution in [2.24, 2.45) is 10.9 Å². The molecule has 0 saturated heterocycles. The van der Waals surface area contributed by atoms with Gasteiger partial charge in [-0.1, -0.05) is 5.16 Å². The summed E-state index contributed by atoms with van der Waals surface area (Å²) in [5, 5.41) is 11.6. The van der Waals surface area contributed by atoms with Gasteiger partial charge in [-0.05, 0) is 43.5 Å². The summed E-state index contributed by atoms with van der Waals surface area (Å²) in [6.45, 7) is 4.45. The van der Waals surface area contributed by atoms with Crippen molar-refractivity contribution in [3.8, 4) is 18.1 Å². The minimum atomic E-state index is 0.0973. The van der Waals surface area contributed by atoms with Gasteiger partial charge in [0, 0.05) is 12.0 Å². The molecule has 0 aliphatic heterocycles. The number of hydrogen-bond acceptors (Lipinski definition) is 3. The summed E-state index contributed by atoms with van der Waals surface area (Å²) in [6.07, 6.45) is 6.72. The highest BCUT2D eigenvalue weighted by molar-refractivity contribution is 5.97. The predicted molar refractivity (Wildman–Crippen MR) is 72.0 cm³/mol. The molecule has 1 aromatic rings. The molecule has 96 valence electrons. The number of terminal acetylenes is 1. The standard InChI is InChI=1S/C14H18N2O2/c1-4-5-6-7-18-13-10(2)8-12(9-11(13)3)14(15)16-17/h1,8-9,17H,5-7H2,2-3H3,(H2,15,16). The second-order valence-corrected chi connectivity index (χ2v) is 4.08. The minimum Gasteiger partial charge on any atom is -0.493 e. The Morgan fingerprint density at radius 3 is 2.56 bits per heavy atom. The van der Waals surface area contributed by atoms with E-state index in [9.17, 15) is 0 Å². The average molecular weight is 246 g/mol. The van der Waals surface area contributed by atoms with E-state index in [1.54, 1.807) is 0 Å². The van der Waals surface area contributed by atoms with Crippen LogP contribution in [0.15, 0.2) is 17.3 Å². The molecule has 0 aliphatic rings.